The van der Waals surface area contributed by atoms with Crippen molar-refractivity contribution in [1.82, 2.24) is 14.9 Å². The number of carbonyl (C=O) groups is 2. The van der Waals surface area contributed by atoms with E-state index < -0.39 is 5.91 Å². The summed E-state index contributed by atoms with van der Waals surface area (Å²) in [6, 6.07) is 9.56. The Kier molecular flexibility index (Phi) is 4.94. The van der Waals surface area contributed by atoms with Gasteiger partial charge in [0.2, 0.25) is 0 Å². The molecule has 3 N–H and O–H groups in total. The number of aromatic nitrogens is 2. The van der Waals surface area contributed by atoms with Gasteiger partial charge in [0.25, 0.3) is 11.8 Å². The van der Waals surface area contributed by atoms with E-state index in [0.717, 1.165) is 37.1 Å². The van der Waals surface area contributed by atoms with Crippen molar-refractivity contribution in [3.63, 3.8) is 0 Å². The van der Waals surface area contributed by atoms with Crippen molar-refractivity contribution < 1.29 is 14.3 Å². The van der Waals surface area contributed by atoms with Crippen LogP contribution >= 0.6 is 0 Å². The molecular formula is C20H24N4O3. The average molecular weight is 368 g/mol. The number of piperidine rings is 1. The molecule has 0 radical (unpaired) electrons. The summed E-state index contributed by atoms with van der Waals surface area (Å²) in [5.74, 6) is 0.535. The zero-order valence-corrected chi connectivity index (χ0v) is 15.2. The van der Waals surface area contributed by atoms with Crippen LogP contribution < -0.4 is 5.73 Å². The van der Waals surface area contributed by atoms with Gasteiger partial charge in [0.05, 0.1) is 0 Å². The van der Waals surface area contributed by atoms with Crippen molar-refractivity contribution in [2.75, 3.05) is 19.7 Å². The number of benzene rings is 1. The summed E-state index contributed by atoms with van der Waals surface area (Å²) in [4.78, 5) is 34.1. The lowest BCUT2D eigenvalue weighted by Gasteiger charge is -2.32. The first kappa shape index (κ1) is 17.7. The second-order valence-corrected chi connectivity index (χ2v) is 7.18. The van der Waals surface area contributed by atoms with E-state index in [1.165, 1.54) is 0 Å². The number of aromatic amines is 1. The molecule has 7 heteroatoms. The van der Waals surface area contributed by atoms with E-state index in [0.29, 0.717) is 31.1 Å². The Labute approximate surface area is 157 Å². The van der Waals surface area contributed by atoms with E-state index in [9.17, 15) is 9.59 Å². The number of carbonyl (C=O) groups excluding carboxylic acids is 2. The Bertz CT molecular complexity index is 819. The molecule has 1 unspecified atom stereocenters. The van der Waals surface area contributed by atoms with Crippen LogP contribution in [0, 0.1) is 0 Å². The fraction of sp³-hybridized carbons (Fsp3) is 0.450. The molecule has 0 bridgehead atoms. The van der Waals surface area contributed by atoms with Crippen molar-refractivity contribution in [2.45, 2.75) is 37.7 Å². The number of imidazole rings is 1. The van der Waals surface area contributed by atoms with Gasteiger partial charge in [0, 0.05) is 31.2 Å². The van der Waals surface area contributed by atoms with E-state index in [1.807, 2.05) is 35.2 Å². The van der Waals surface area contributed by atoms with Crippen LogP contribution in [0.3, 0.4) is 0 Å². The molecule has 1 atom stereocenters. The summed E-state index contributed by atoms with van der Waals surface area (Å²) in [6.07, 6.45) is 3.12. The van der Waals surface area contributed by atoms with Gasteiger partial charge >= 0.3 is 0 Å². The number of ether oxygens (including phenoxy) is 1. The van der Waals surface area contributed by atoms with Crippen LogP contribution in [0.4, 0.5) is 0 Å². The quantitative estimate of drug-likeness (QED) is 0.862. The predicted molar refractivity (Wildman–Crippen MR) is 100 cm³/mol. The number of amides is 2. The largest absolute Gasteiger partial charge is 0.368 e. The van der Waals surface area contributed by atoms with Crippen LogP contribution in [0.1, 0.15) is 47.9 Å². The second-order valence-electron chi connectivity index (χ2n) is 7.18. The highest BCUT2D eigenvalue weighted by Crippen LogP contribution is 2.30. The van der Waals surface area contributed by atoms with Gasteiger partial charge in [-0.25, -0.2) is 4.98 Å². The van der Waals surface area contributed by atoms with Gasteiger partial charge in [-0.15, -0.1) is 0 Å². The third-order valence-electron chi connectivity index (χ3n) is 5.41. The molecule has 2 fully saturated rings. The van der Waals surface area contributed by atoms with Crippen LogP contribution in [-0.4, -0.2) is 52.5 Å². The third kappa shape index (κ3) is 3.60. The highest BCUT2D eigenvalue weighted by Gasteiger charge is 2.32. The van der Waals surface area contributed by atoms with Gasteiger partial charge in [0.1, 0.15) is 23.3 Å². The molecule has 2 amide bonds. The number of nitrogens with one attached hydrogen (secondary N) is 1. The van der Waals surface area contributed by atoms with Gasteiger partial charge in [0.15, 0.2) is 0 Å². The second kappa shape index (κ2) is 7.52. The molecule has 27 heavy (non-hydrogen) atoms. The molecule has 2 aliphatic heterocycles. The summed E-state index contributed by atoms with van der Waals surface area (Å²) in [6.45, 7) is 2.03. The van der Waals surface area contributed by atoms with E-state index in [-0.39, 0.29) is 17.9 Å². The summed E-state index contributed by atoms with van der Waals surface area (Å²) in [5, 5.41) is 0. The number of primary amides is 1. The summed E-state index contributed by atoms with van der Waals surface area (Å²) in [5.41, 5.74) is 7.35. The van der Waals surface area contributed by atoms with Crippen molar-refractivity contribution >= 4 is 11.8 Å². The van der Waals surface area contributed by atoms with E-state index in [1.54, 1.807) is 0 Å². The summed E-state index contributed by atoms with van der Waals surface area (Å²) < 4.78 is 5.51. The molecule has 0 spiro atoms. The Morgan fingerprint density at radius 2 is 1.89 bits per heavy atom. The molecule has 142 valence electrons. The van der Waals surface area contributed by atoms with Crippen LogP contribution in [0.5, 0.6) is 0 Å². The van der Waals surface area contributed by atoms with Gasteiger partial charge in [-0.3, -0.25) is 9.59 Å². The third-order valence-corrected chi connectivity index (χ3v) is 5.41. The fourth-order valence-corrected chi connectivity index (χ4v) is 3.92. The highest BCUT2D eigenvalue weighted by molar-refractivity contribution is 5.97. The van der Waals surface area contributed by atoms with E-state index in [4.69, 9.17) is 10.5 Å². The molecule has 2 saturated heterocycles. The standard InChI is InChI=1S/C20H24N4O3/c21-18(25)17-16(13-5-2-1-3-6-13)22-19(23-17)14-8-10-24(11-9-14)20(26)15-7-4-12-27-15/h1-3,5-6,14-15H,4,7-12H2,(H2,21,25)(H,22,23). The minimum Gasteiger partial charge on any atom is -0.368 e. The molecule has 3 heterocycles. The molecule has 0 saturated carbocycles. The predicted octanol–water partition coefficient (Wildman–Crippen LogP) is 2.06. The molecule has 4 rings (SSSR count). The number of H-pyrrole nitrogens is 1. The first-order valence-corrected chi connectivity index (χ1v) is 9.49. The number of nitrogens with zero attached hydrogens (tertiary/aromatic N) is 2. The van der Waals surface area contributed by atoms with Gasteiger partial charge in [-0.1, -0.05) is 30.3 Å². The monoisotopic (exact) mass is 368 g/mol. The first-order chi connectivity index (χ1) is 13.1. The van der Waals surface area contributed by atoms with Crippen LogP contribution in [0.2, 0.25) is 0 Å². The lowest BCUT2D eigenvalue weighted by molar-refractivity contribution is -0.142. The van der Waals surface area contributed by atoms with Crippen LogP contribution in [0.15, 0.2) is 30.3 Å². The SMILES string of the molecule is NC(=O)c1[nH]c(C2CCN(C(=O)C3CCCO3)CC2)nc1-c1ccccc1. The number of hydrogen-bond acceptors (Lipinski definition) is 4. The van der Waals surface area contributed by atoms with Gasteiger partial charge in [-0.05, 0) is 25.7 Å². The fourth-order valence-electron chi connectivity index (χ4n) is 3.92. The molecule has 2 aromatic rings. The van der Waals surface area contributed by atoms with Crippen LogP contribution in [0.25, 0.3) is 11.3 Å². The van der Waals surface area contributed by atoms with Crippen molar-refractivity contribution in [2.24, 2.45) is 5.73 Å². The summed E-state index contributed by atoms with van der Waals surface area (Å²) >= 11 is 0. The molecular weight excluding hydrogens is 344 g/mol. The minimum absolute atomic E-state index is 0.105. The number of rotatable bonds is 4. The molecule has 7 nitrogen and oxygen atoms in total. The molecule has 1 aromatic carbocycles. The van der Waals surface area contributed by atoms with E-state index in [2.05, 4.69) is 9.97 Å². The first-order valence-electron chi connectivity index (χ1n) is 9.49. The molecule has 2 aliphatic rings. The zero-order valence-electron chi connectivity index (χ0n) is 15.2. The van der Waals surface area contributed by atoms with Crippen LogP contribution in [-0.2, 0) is 9.53 Å². The van der Waals surface area contributed by atoms with E-state index >= 15 is 0 Å². The number of hydrogen-bond donors (Lipinski definition) is 2. The Morgan fingerprint density at radius 3 is 2.52 bits per heavy atom. The molecule has 0 aliphatic carbocycles. The maximum atomic E-state index is 12.5. The Balaban J connectivity index is 1.48. The van der Waals surface area contributed by atoms with Gasteiger partial charge in [-0.2, -0.15) is 0 Å². The summed E-state index contributed by atoms with van der Waals surface area (Å²) in [7, 11) is 0. The Hall–Kier alpha value is -2.67. The van der Waals surface area contributed by atoms with Crippen molar-refractivity contribution in [3.8, 4) is 11.3 Å². The highest BCUT2D eigenvalue weighted by atomic mass is 16.5. The molecule has 1 aromatic heterocycles. The zero-order chi connectivity index (χ0) is 18.8. The van der Waals surface area contributed by atoms with Crippen molar-refractivity contribution in [1.29, 1.82) is 0 Å². The minimum atomic E-state index is -0.515. The topological polar surface area (TPSA) is 101 Å². The maximum absolute atomic E-state index is 12.5. The lowest BCUT2D eigenvalue weighted by atomic mass is 9.95. The Morgan fingerprint density at radius 1 is 1.15 bits per heavy atom. The lowest BCUT2D eigenvalue weighted by Crippen LogP contribution is -2.43. The number of nitrogens with two attached hydrogens (primary N) is 1. The smallest absolute Gasteiger partial charge is 0.267 e. The maximum Gasteiger partial charge on any atom is 0.267 e. The van der Waals surface area contributed by atoms with Gasteiger partial charge < -0.3 is 20.4 Å². The normalized spacial score (nSPS) is 20.7. The van der Waals surface area contributed by atoms with Crippen molar-refractivity contribution in [3.05, 3.63) is 41.9 Å². The number of likely N-dealkylation sites (tertiary alicyclic amines) is 1. The average Bonchev–Trinajstić information content (AvgIpc) is 3.38.